The predicted molar refractivity (Wildman–Crippen MR) is 66.1 cm³/mol. The normalized spacial score (nSPS) is 10.5. The fraction of sp³-hybridized carbons (Fsp3) is 0.545. The predicted octanol–water partition coefficient (Wildman–Crippen LogP) is 1.63. The molecule has 1 heterocycles. The number of ether oxygens (including phenoxy) is 1. The Morgan fingerprint density at radius 1 is 1.47 bits per heavy atom. The summed E-state index contributed by atoms with van der Waals surface area (Å²) >= 11 is 0. The number of nitrogens with one attached hydrogen (secondary N) is 2. The summed E-state index contributed by atoms with van der Waals surface area (Å²) in [7, 11) is 1.54. The Kier molecular flexibility index (Phi) is 4.10. The monoisotopic (exact) mass is 235 g/mol. The van der Waals surface area contributed by atoms with Crippen LogP contribution in [-0.4, -0.2) is 29.2 Å². The van der Waals surface area contributed by atoms with Gasteiger partial charge in [0.15, 0.2) is 0 Å². The largest absolute Gasteiger partial charge is 0.481 e. The van der Waals surface area contributed by atoms with Gasteiger partial charge in [-0.1, -0.05) is 0 Å². The minimum Gasteiger partial charge on any atom is -0.481 e. The lowest BCUT2D eigenvalue weighted by atomic mass is 10.1. The zero-order chi connectivity index (χ0) is 12.9. The summed E-state index contributed by atoms with van der Waals surface area (Å²) in [5.41, 5.74) is -0.726. The van der Waals surface area contributed by atoms with Crippen molar-refractivity contribution in [2.75, 3.05) is 24.3 Å². The molecule has 0 radical (unpaired) electrons. The van der Waals surface area contributed by atoms with E-state index in [0.717, 1.165) is 6.54 Å². The molecule has 6 nitrogen and oxygen atoms in total. The van der Waals surface area contributed by atoms with Crippen molar-refractivity contribution in [2.24, 2.45) is 0 Å². The third-order valence-corrected chi connectivity index (χ3v) is 1.97. The lowest BCUT2D eigenvalue weighted by Crippen LogP contribution is -2.29. The molecule has 0 unspecified atom stereocenters. The second kappa shape index (κ2) is 5.34. The second-order valence-electron chi connectivity index (χ2n) is 4.01. The van der Waals surface area contributed by atoms with Crippen LogP contribution in [0.25, 0.3) is 0 Å². The maximum absolute atomic E-state index is 8.94. The molecule has 0 amide bonds. The Labute approximate surface area is 101 Å². The minimum atomic E-state index is -0.726. The Morgan fingerprint density at radius 3 is 2.71 bits per heavy atom. The average molecular weight is 235 g/mol. The van der Waals surface area contributed by atoms with E-state index >= 15 is 0 Å². The van der Waals surface area contributed by atoms with Crippen LogP contribution in [0, 0.1) is 11.3 Å². The number of anilines is 2. The third-order valence-electron chi connectivity index (χ3n) is 1.97. The quantitative estimate of drug-likeness (QED) is 0.807. The number of methoxy groups -OCH3 is 1. The molecule has 0 aliphatic heterocycles. The summed E-state index contributed by atoms with van der Waals surface area (Å²) < 4.78 is 5.08. The van der Waals surface area contributed by atoms with Crippen molar-refractivity contribution in [1.82, 2.24) is 9.97 Å². The number of hydrogen-bond donors (Lipinski definition) is 2. The fourth-order valence-corrected chi connectivity index (χ4v) is 1.16. The van der Waals surface area contributed by atoms with E-state index in [2.05, 4.69) is 26.7 Å². The van der Waals surface area contributed by atoms with Crippen LogP contribution in [0.15, 0.2) is 6.07 Å². The molecule has 17 heavy (non-hydrogen) atoms. The molecule has 0 atom stereocenters. The third kappa shape index (κ3) is 3.79. The van der Waals surface area contributed by atoms with Crippen LogP contribution < -0.4 is 15.4 Å². The average Bonchev–Trinajstić information content (AvgIpc) is 2.28. The zero-order valence-electron chi connectivity index (χ0n) is 10.5. The van der Waals surface area contributed by atoms with Gasteiger partial charge in [-0.05, 0) is 20.8 Å². The maximum atomic E-state index is 8.94. The first kappa shape index (κ1) is 13.0. The number of hydrogen-bond acceptors (Lipinski definition) is 6. The molecule has 0 aliphatic carbocycles. The van der Waals surface area contributed by atoms with Crippen molar-refractivity contribution < 1.29 is 4.74 Å². The van der Waals surface area contributed by atoms with Crippen LogP contribution in [0.1, 0.15) is 20.8 Å². The summed E-state index contributed by atoms with van der Waals surface area (Å²) in [5, 5.41) is 15.0. The summed E-state index contributed by atoms with van der Waals surface area (Å²) in [6.45, 7) is 6.23. The zero-order valence-corrected chi connectivity index (χ0v) is 10.5. The SMILES string of the molecule is CCNc1cc(OC)nc(NC(C)(C)C#N)n1. The molecule has 0 aromatic carbocycles. The summed E-state index contributed by atoms with van der Waals surface area (Å²) in [4.78, 5) is 8.37. The Balaban J connectivity index is 2.99. The Morgan fingerprint density at radius 2 is 2.18 bits per heavy atom. The lowest BCUT2D eigenvalue weighted by Gasteiger charge is -2.18. The molecule has 0 spiro atoms. The summed E-state index contributed by atoms with van der Waals surface area (Å²) in [5.74, 6) is 1.48. The van der Waals surface area contributed by atoms with Crippen LogP contribution in [0.4, 0.5) is 11.8 Å². The van der Waals surface area contributed by atoms with E-state index in [0.29, 0.717) is 17.6 Å². The smallest absolute Gasteiger partial charge is 0.229 e. The number of nitrogens with zero attached hydrogens (tertiary/aromatic N) is 3. The molecule has 1 aromatic rings. The fourth-order valence-electron chi connectivity index (χ4n) is 1.16. The van der Waals surface area contributed by atoms with Gasteiger partial charge >= 0.3 is 0 Å². The van der Waals surface area contributed by atoms with Crippen molar-refractivity contribution in [1.29, 1.82) is 5.26 Å². The molecular formula is C11H17N5O. The van der Waals surface area contributed by atoms with Crippen molar-refractivity contribution in [3.05, 3.63) is 6.07 Å². The first-order valence-electron chi connectivity index (χ1n) is 5.37. The highest BCUT2D eigenvalue weighted by Crippen LogP contribution is 2.18. The number of nitriles is 1. The maximum Gasteiger partial charge on any atom is 0.229 e. The molecule has 0 saturated carbocycles. The standard InChI is InChI=1S/C11H17N5O/c1-5-13-8-6-9(17-4)15-10(14-8)16-11(2,3)7-12/h6H,5H2,1-4H3,(H2,13,14,15,16). The van der Waals surface area contributed by atoms with Gasteiger partial charge in [-0.15, -0.1) is 0 Å². The molecular weight excluding hydrogens is 218 g/mol. The lowest BCUT2D eigenvalue weighted by molar-refractivity contribution is 0.397. The molecule has 2 N–H and O–H groups in total. The molecule has 1 aromatic heterocycles. The first-order chi connectivity index (χ1) is 8.00. The van der Waals surface area contributed by atoms with Gasteiger partial charge in [0.1, 0.15) is 11.4 Å². The summed E-state index contributed by atoms with van der Waals surface area (Å²) in [6, 6.07) is 3.83. The van der Waals surface area contributed by atoms with Gasteiger partial charge in [-0.3, -0.25) is 0 Å². The minimum absolute atomic E-state index is 0.367. The van der Waals surface area contributed by atoms with Gasteiger partial charge in [0.05, 0.1) is 13.2 Å². The van der Waals surface area contributed by atoms with Crippen LogP contribution in [0.2, 0.25) is 0 Å². The molecule has 0 saturated heterocycles. The molecule has 6 heteroatoms. The molecule has 0 bridgehead atoms. The Bertz CT molecular complexity index is 424. The van der Waals surface area contributed by atoms with E-state index in [1.165, 1.54) is 7.11 Å². The van der Waals surface area contributed by atoms with Crippen molar-refractivity contribution in [2.45, 2.75) is 26.3 Å². The number of aromatic nitrogens is 2. The van der Waals surface area contributed by atoms with Crippen LogP contribution in [0.5, 0.6) is 5.88 Å². The van der Waals surface area contributed by atoms with E-state index < -0.39 is 5.54 Å². The van der Waals surface area contributed by atoms with Crippen LogP contribution in [-0.2, 0) is 0 Å². The van der Waals surface area contributed by atoms with Gasteiger partial charge in [0, 0.05) is 12.6 Å². The van der Waals surface area contributed by atoms with Gasteiger partial charge < -0.3 is 15.4 Å². The van der Waals surface area contributed by atoms with Gasteiger partial charge in [0.2, 0.25) is 11.8 Å². The van der Waals surface area contributed by atoms with Gasteiger partial charge in [-0.2, -0.15) is 15.2 Å². The van der Waals surface area contributed by atoms with Crippen LogP contribution in [0.3, 0.4) is 0 Å². The molecule has 92 valence electrons. The van der Waals surface area contributed by atoms with Crippen molar-refractivity contribution in [3.8, 4) is 11.9 Å². The van der Waals surface area contributed by atoms with E-state index in [1.807, 2.05) is 6.92 Å². The van der Waals surface area contributed by atoms with E-state index in [1.54, 1.807) is 19.9 Å². The second-order valence-corrected chi connectivity index (χ2v) is 4.01. The van der Waals surface area contributed by atoms with Crippen molar-refractivity contribution >= 4 is 11.8 Å². The highest BCUT2D eigenvalue weighted by Gasteiger charge is 2.18. The highest BCUT2D eigenvalue weighted by atomic mass is 16.5. The van der Waals surface area contributed by atoms with Crippen molar-refractivity contribution in [3.63, 3.8) is 0 Å². The first-order valence-corrected chi connectivity index (χ1v) is 5.37. The van der Waals surface area contributed by atoms with E-state index in [-0.39, 0.29) is 0 Å². The summed E-state index contributed by atoms with van der Waals surface area (Å²) in [6.07, 6.45) is 0. The highest BCUT2D eigenvalue weighted by molar-refractivity contribution is 5.46. The van der Waals surface area contributed by atoms with Gasteiger partial charge in [-0.25, -0.2) is 0 Å². The Hall–Kier alpha value is -2.03. The van der Waals surface area contributed by atoms with E-state index in [9.17, 15) is 0 Å². The topological polar surface area (TPSA) is 82.9 Å². The van der Waals surface area contributed by atoms with Crippen LogP contribution >= 0.6 is 0 Å². The van der Waals surface area contributed by atoms with E-state index in [4.69, 9.17) is 10.00 Å². The molecule has 0 aliphatic rings. The molecule has 0 fully saturated rings. The van der Waals surface area contributed by atoms with Gasteiger partial charge in [0.25, 0.3) is 0 Å². The number of rotatable bonds is 5. The molecule has 1 rings (SSSR count).